The summed E-state index contributed by atoms with van der Waals surface area (Å²) < 4.78 is 39.1. The fourth-order valence-corrected chi connectivity index (χ4v) is 4.38. The summed E-state index contributed by atoms with van der Waals surface area (Å²) in [6.07, 6.45) is -3.22. The fraction of sp³-hybridized carbons (Fsp3) is 0.429. The van der Waals surface area contributed by atoms with Crippen LogP contribution in [-0.4, -0.2) is 76.8 Å². The number of alkyl halides is 3. The third-order valence-corrected chi connectivity index (χ3v) is 6.12. The van der Waals surface area contributed by atoms with E-state index in [2.05, 4.69) is 5.10 Å². The first kappa shape index (κ1) is 23.1. The minimum Gasteiger partial charge on any atom is -0.365 e. The summed E-state index contributed by atoms with van der Waals surface area (Å²) in [5, 5.41) is 4.22. The van der Waals surface area contributed by atoms with Crippen LogP contribution in [0.2, 0.25) is 5.02 Å². The first-order chi connectivity index (χ1) is 15.6. The molecule has 3 heterocycles. The third kappa shape index (κ3) is 4.97. The van der Waals surface area contributed by atoms with Gasteiger partial charge in [-0.25, -0.2) is 0 Å². The maximum absolute atomic E-state index is 12.8. The SMILES string of the molecule is O=C1CC(C(=O)N2CCN(c3cnn(-c4ccccc4)c(=O)c3Cl)CC2)CN1CC(F)(F)F. The van der Waals surface area contributed by atoms with E-state index in [1.807, 2.05) is 11.0 Å². The van der Waals surface area contributed by atoms with Crippen LogP contribution in [0.4, 0.5) is 18.9 Å². The molecule has 0 saturated carbocycles. The highest BCUT2D eigenvalue weighted by atomic mass is 35.5. The van der Waals surface area contributed by atoms with E-state index >= 15 is 0 Å². The number of likely N-dealkylation sites (tertiary alicyclic amines) is 1. The van der Waals surface area contributed by atoms with Crippen molar-refractivity contribution in [3.8, 4) is 5.69 Å². The van der Waals surface area contributed by atoms with Crippen molar-refractivity contribution < 1.29 is 22.8 Å². The van der Waals surface area contributed by atoms with E-state index in [0.29, 0.717) is 42.5 Å². The number of anilines is 1. The largest absolute Gasteiger partial charge is 0.406 e. The molecule has 0 spiro atoms. The molecule has 2 saturated heterocycles. The molecule has 4 rings (SSSR count). The molecule has 12 heteroatoms. The molecule has 1 aromatic carbocycles. The summed E-state index contributed by atoms with van der Waals surface area (Å²) in [5.74, 6) is -1.79. The summed E-state index contributed by atoms with van der Waals surface area (Å²) in [5.41, 5.74) is 0.568. The average molecular weight is 484 g/mol. The maximum Gasteiger partial charge on any atom is 0.406 e. The smallest absolute Gasteiger partial charge is 0.365 e. The molecular formula is C21H21ClF3N5O3. The van der Waals surface area contributed by atoms with Gasteiger partial charge in [-0.15, -0.1) is 0 Å². The number of amides is 2. The van der Waals surface area contributed by atoms with E-state index in [0.717, 1.165) is 0 Å². The van der Waals surface area contributed by atoms with Crippen molar-refractivity contribution in [2.24, 2.45) is 5.92 Å². The Morgan fingerprint density at radius 1 is 1.09 bits per heavy atom. The van der Waals surface area contributed by atoms with Gasteiger partial charge in [0.15, 0.2) is 0 Å². The van der Waals surface area contributed by atoms with Crippen molar-refractivity contribution in [3.05, 3.63) is 51.9 Å². The van der Waals surface area contributed by atoms with Crippen LogP contribution in [0, 0.1) is 5.92 Å². The van der Waals surface area contributed by atoms with Gasteiger partial charge in [0.1, 0.15) is 11.6 Å². The molecular weight excluding hydrogens is 463 g/mol. The van der Waals surface area contributed by atoms with Gasteiger partial charge in [-0.2, -0.15) is 23.0 Å². The van der Waals surface area contributed by atoms with E-state index < -0.39 is 30.1 Å². The Morgan fingerprint density at radius 2 is 1.76 bits per heavy atom. The Balaban J connectivity index is 1.39. The third-order valence-electron chi connectivity index (χ3n) is 5.77. The summed E-state index contributed by atoms with van der Waals surface area (Å²) >= 11 is 6.34. The van der Waals surface area contributed by atoms with Gasteiger partial charge in [0.05, 0.1) is 23.5 Å². The molecule has 2 fully saturated rings. The summed E-state index contributed by atoms with van der Waals surface area (Å²) in [4.78, 5) is 41.4. The van der Waals surface area contributed by atoms with Gasteiger partial charge in [0, 0.05) is 39.1 Å². The van der Waals surface area contributed by atoms with E-state index in [1.54, 1.807) is 24.3 Å². The molecule has 1 unspecified atom stereocenters. The van der Waals surface area contributed by atoms with Gasteiger partial charge >= 0.3 is 6.18 Å². The van der Waals surface area contributed by atoms with E-state index in [4.69, 9.17) is 11.6 Å². The molecule has 1 atom stereocenters. The summed E-state index contributed by atoms with van der Waals surface area (Å²) in [6.45, 7) is -0.250. The molecule has 2 aliphatic heterocycles. The van der Waals surface area contributed by atoms with Gasteiger partial charge < -0.3 is 14.7 Å². The first-order valence-corrected chi connectivity index (χ1v) is 10.7. The quantitative estimate of drug-likeness (QED) is 0.664. The number of carbonyl (C=O) groups is 2. The molecule has 2 aliphatic rings. The zero-order chi connectivity index (χ0) is 23.8. The number of aromatic nitrogens is 2. The van der Waals surface area contributed by atoms with Crippen LogP contribution in [0.1, 0.15) is 6.42 Å². The molecule has 0 N–H and O–H groups in total. The maximum atomic E-state index is 12.8. The fourth-order valence-electron chi connectivity index (χ4n) is 4.13. The zero-order valence-electron chi connectivity index (χ0n) is 17.5. The molecule has 2 amide bonds. The Kier molecular flexibility index (Phi) is 6.33. The minimum absolute atomic E-state index is 0.0119. The Labute approximate surface area is 192 Å². The predicted octanol–water partition coefficient (Wildman–Crippen LogP) is 1.95. The van der Waals surface area contributed by atoms with Gasteiger partial charge in [-0.1, -0.05) is 29.8 Å². The number of piperazine rings is 1. The lowest BCUT2D eigenvalue weighted by molar-refractivity contribution is -0.157. The Bertz CT molecular complexity index is 1100. The molecule has 0 bridgehead atoms. The van der Waals surface area contributed by atoms with Gasteiger partial charge in [0.25, 0.3) is 5.56 Å². The number of rotatable bonds is 4. The van der Waals surface area contributed by atoms with Crippen LogP contribution in [0.3, 0.4) is 0 Å². The second-order valence-electron chi connectivity index (χ2n) is 8.00. The van der Waals surface area contributed by atoms with Crippen LogP contribution < -0.4 is 10.5 Å². The van der Waals surface area contributed by atoms with Gasteiger partial charge in [-0.05, 0) is 12.1 Å². The van der Waals surface area contributed by atoms with E-state index in [9.17, 15) is 27.6 Å². The van der Waals surface area contributed by atoms with Crippen LogP contribution in [0.15, 0.2) is 41.3 Å². The molecule has 0 aliphatic carbocycles. The molecule has 33 heavy (non-hydrogen) atoms. The minimum atomic E-state index is -4.50. The average Bonchev–Trinajstić information content (AvgIpc) is 3.14. The summed E-state index contributed by atoms with van der Waals surface area (Å²) in [7, 11) is 0. The Morgan fingerprint density at radius 3 is 2.39 bits per heavy atom. The molecule has 2 aromatic rings. The van der Waals surface area contributed by atoms with Crippen molar-refractivity contribution >= 4 is 29.1 Å². The van der Waals surface area contributed by atoms with Crippen LogP contribution in [0.25, 0.3) is 5.69 Å². The molecule has 176 valence electrons. The van der Waals surface area contributed by atoms with Gasteiger partial charge in [-0.3, -0.25) is 14.4 Å². The highest BCUT2D eigenvalue weighted by Gasteiger charge is 2.42. The number of halogens is 4. The second kappa shape index (κ2) is 9.05. The topological polar surface area (TPSA) is 78.8 Å². The normalized spacial score (nSPS) is 19.3. The molecule has 1 aromatic heterocycles. The second-order valence-corrected chi connectivity index (χ2v) is 8.38. The standard InChI is InChI=1S/C21H21ClF3N5O3/c22-18-16(11-26-30(20(18)33)15-4-2-1-3-5-15)27-6-8-28(9-7-27)19(32)14-10-17(31)29(12-14)13-21(23,24)25/h1-5,11,14H,6-10,12-13H2. The number of nitrogens with zero attached hydrogens (tertiary/aromatic N) is 5. The van der Waals surface area contributed by atoms with Crippen LogP contribution in [-0.2, 0) is 9.59 Å². The lowest BCUT2D eigenvalue weighted by Gasteiger charge is -2.37. The Hall–Kier alpha value is -3.08. The van der Waals surface area contributed by atoms with Crippen molar-refractivity contribution in [1.29, 1.82) is 0 Å². The molecule has 0 radical (unpaired) electrons. The number of benzene rings is 1. The lowest BCUT2D eigenvalue weighted by atomic mass is 10.1. The van der Waals surface area contributed by atoms with Crippen LogP contribution >= 0.6 is 11.6 Å². The van der Waals surface area contributed by atoms with Crippen molar-refractivity contribution in [3.63, 3.8) is 0 Å². The van der Waals surface area contributed by atoms with E-state index in [-0.39, 0.29) is 23.9 Å². The summed E-state index contributed by atoms with van der Waals surface area (Å²) in [6, 6.07) is 8.85. The predicted molar refractivity (Wildman–Crippen MR) is 114 cm³/mol. The monoisotopic (exact) mass is 483 g/mol. The number of para-hydroxylation sites is 1. The highest BCUT2D eigenvalue weighted by Crippen LogP contribution is 2.27. The molecule has 8 nitrogen and oxygen atoms in total. The highest BCUT2D eigenvalue weighted by molar-refractivity contribution is 6.33. The van der Waals surface area contributed by atoms with Crippen molar-refractivity contribution in [2.45, 2.75) is 12.6 Å². The van der Waals surface area contributed by atoms with Gasteiger partial charge in [0.2, 0.25) is 11.8 Å². The van der Waals surface area contributed by atoms with E-state index in [1.165, 1.54) is 15.8 Å². The van der Waals surface area contributed by atoms with Crippen molar-refractivity contribution in [1.82, 2.24) is 19.6 Å². The van der Waals surface area contributed by atoms with Crippen molar-refractivity contribution in [2.75, 3.05) is 44.2 Å². The lowest BCUT2D eigenvalue weighted by Crippen LogP contribution is -2.51. The number of carbonyl (C=O) groups excluding carboxylic acids is 2. The number of hydrogen-bond acceptors (Lipinski definition) is 5. The number of hydrogen-bond donors (Lipinski definition) is 0. The van der Waals surface area contributed by atoms with Crippen LogP contribution in [0.5, 0.6) is 0 Å². The first-order valence-electron chi connectivity index (χ1n) is 10.4. The zero-order valence-corrected chi connectivity index (χ0v) is 18.2.